The average molecular weight is 452 g/mol. The zero-order chi connectivity index (χ0) is 23.2. The summed E-state index contributed by atoms with van der Waals surface area (Å²) >= 11 is 0. The first-order valence-electron chi connectivity index (χ1n) is 11.4. The van der Waals surface area contributed by atoms with Crippen LogP contribution in [0.15, 0.2) is 54.6 Å². The largest absolute Gasteiger partial charge is 0.497 e. The van der Waals surface area contributed by atoms with Crippen LogP contribution < -0.4 is 9.47 Å². The van der Waals surface area contributed by atoms with E-state index >= 15 is 0 Å². The Morgan fingerprint density at radius 1 is 1.06 bits per heavy atom. The van der Waals surface area contributed by atoms with Crippen molar-refractivity contribution in [3.8, 4) is 23.1 Å². The number of benzene rings is 2. The van der Waals surface area contributed by atoms with Crippen LogP contribution in [0.2, 0.25) is 0 Å². The van der Waals surface area contributed by atoms with Crippen molar-refractivity contribution in [2.45, 2.75) is 32.4 Å². The Morgan fingerprint density at radius 2 is 1.76 bits per heavy atom. The molecule has 7 heteroatoms. The van der Waals surface area contributed by atoms with Gasteiger partial charge in [0.1, 0.15) is 11.5 Å². The number of hydrogen-bond donors (Lipinski definition) is 1. The van der Waals surface area contributed by atoms with E-state index in [1.807, 2.05) is 66.2 Å². The highest BCUT2D eigenvalue weighted by molar-refractivity contribution is 5.44. The summed E-state index contributed by atoms with van der Waals surface area (Å²) in [5.74, 6) is 2.86. The van der Waals surface area contributed by atoms with Crippen LogP contribution >= 0.6 is 0 Å². The normalized spacial score (nSPS) is 14.5. The zero-order valence-corrected chi connectivity index (χ0v) is 19.6. The second-order valence-electron chi connectivity index (χ2n) is 8.64. The van der Waals surface area contributed by atoms with E-state index in [1.165, 1.54) is 12.8 Å². The maximum atomic E-state index is 10.4. The van der Waals surface area contributed by atoms with E-state index in [2.05, 4.69) is 4.90 Å². The van der Waals surface area contributed by atoms with Gasteiger partial charge in [0.05, 0.1) is 36.8 Å². The van der Waals surface area contributed by atoms with Crippen LogP contribution in [0.4, 0.5) is 0 Å². The average Bonchev–Trinajstić information content (AvgIpc) is 3.59. The van der Waals surface area contributed by atoms with Gasteiger partial charge in [-0.1, -0.05) is 18.2 Å². The number of nitrogens with zero attached hydrogens (tertiary/aromatic N) is 3. The van der Waals surface area contributed by atoms with Crippen molar-refractivity contribution in [2.75, 3.05) is 33.9 Å². The maximum Gasteiger partial charge on any atom is 0.227 e. The molecule has 0 saturated heterocycles. The van der Waals surface area contributed by atoms with Crippen molar-refractivity contribution < 1.29 is 19.3 Å². The Kier molecular flexibility index (Phi) is 7.65. The number of methoxy groups -OCH3 is 2. The molecule has 33 heavy (non-hydrogen) atoms. The van der Waals surface area contributed by atoms with Crippen molar-refractivity contribution in [3.05, 3.63) is 65.9 Å². The zero-order valence-electron chi connectivity index (χ0n) is 19.6. The van der Waals surface area contributed by atoms with Gasteiger partial charge in [-0.2, -0.15) is 5.10 Å². The molecule has 1 fully saturated rings. The first kappa shape index (κ1) is 23.3. The van der Waals surface area contributed by atoms with Crippen LogP contribution in [-0.2, 0) is 11.3 Å². The van der Waals surface area contributed by atoms with Crippen LogP contribution in [-0.4, -0.2) is 59.8 Å². The maximum absolute atomic E-state index is 10.4. The highest BCUT2D eigenvalue weighted by Crippen LogP contribution is 2.34. The monoisotopic (exact) mass is 451 g/mol. The second-order valence-corrected chi connectivity index (χ2v) is 8.64. The highest BCUT2D eigenvalue weighted by atomic mass is 16.5. The molecule has 1 aliphatic rings. The van der Waals surface area contributed by atoms with Crippen molar-refractivity contribution in [1.82, 2.24) is 14.7 Å². The molecule has 4 rings (SSSR count). The first-order valence-corrected chi connectivity index (χ1v) is 11.4. The molecule has 1 aliphatic carbocycles. The lowest BCUT2D eigenvalue weighted by atomic mass is 10.2. The van der Waals surface area contributed by atoms with Crippen LogP contribution in [0, 0.1) is 12.8 Å². The smallest absolute Gasteiger partial charge is 0.227 e. The lowest BCUT2D eigenvalue weighted by Crippen LogP contribution is -2.36. The molecule has 0 spiro atoms. The molecule has 0 aliphatic heterocycles. The molecule has 1 aromatic heterocycles. The molecule has 0 amide bonds. The topological polar surface area (TPSA) is 69.0 Å². The predicted octanol–water partition coefficient (Wildman–Crippen LogP) is 4.20. The fourth-order valence-corrected chi connectivity index (χ4v) is 3.96. The Hall–Kier alpha value is -2.87. The van der Waals surface area contributed by atoms with Gasteiger partial charge in [-0.15, -0.1) is 0 Å². The van der Waals surface area contributed by atoms with Crippen molar-refractivity contribution in [2.24, 2.45) is 5.92 Å². The number of hydrogen-bond acceptors (Lipinski definition) is 6. The first-order chi connectivity index (χ1) is 16.1. The van der Waals surface area contributed by atoms with Gasteiger partial charge in [-0.05, 0) is 62.1 Å². The van der Waals surface area contributed by atoms with Gasteiger partial charge in [-0.3, -0.25) is 4.90 Å². The Bertz CT molecular complexity index is 1020. The van der Waals surface area contributed by atoms with E-state index in [0.717, 1.165) is 29.2 Å². The lowest BCUT2D eigenvalue weighted by molar-refractivity contribution is 0.0345. The predicted molar refractivity (Wildman–Crippen MR) is 127 cm³/mol. The van der Waals surface area contributed by atoms with Gasteiger partial charge in [-0.25, -0.2) is 4.68 Å². The van der Waals surface area contributed by atoms with Crippen molar-refractivity contribution in [1.29, 1.82) is 0 Å². The van der Waals surface area contributed by atoms with Gasteiger partial charge < -0.3 is 19.3 Å². The quantitative estimate of drug-likeness (QED) is 0.445. The summed E-state index contributed by atoms with van der Waals surface area (Å²) in [6.45, 7) is 4.46. The van der Waals surface area contributed by atoms with E-state index < -0.39 is 6.10 Å². The third-order valence-electron chi connectivity index (χ3n) is 5.84. The highest BCUT2D eigenvalue weighted by Gasteiger charge is 2.28. The number of ether oxygens (including phenoxy) is 3. The SMILES string of the molecule is COCC(O)CN(Cc1c(C)nn(-c2ccccc2)c1Oc1ccc(OC)cc1)CC1CC1. The fraction of sp³-hybridized carbons (Fsp3) is 0.423. The van der Waals surface area contributed by atoms with Crippen LogP contribution in [0.5, 0.6) is 17.4 Å². The van der Waals surface area contributed by atoms with Crippen LogP contribution in [0.3, 0.4) is 0 Å². The molecule has 2 aromatic carbocycles. The van der Waals surface area contributed by atoms with E-state index in [-0.39, 0.29) is 0 Å². The van der Waals surface area contributed by atoms with E-state index in [4.69, 9.17) is 19.3 Å². The number of aryl methyl sites for hydroxylation is 1. The number of aliphatic hydroxyl groups is 1. The van der Waals surface area contributed by atoms with E-state index in [9.17, 15) is 5.11 Å². The van der Waals surface area contributed by atoms with E-state index in [1.54, 1.807) is 14.2 Å². The Morgan fingerprint density at radius 3 is 2.39 bits per heavy atom. The van der Waals surface area contributed by atoms with Gasteiger partial charge in [0.25, 0.3) is 0 Å². The van der Waals surface area contributed by atoms with Gasteiger partial charge in [0, 0.05) is 26.7 Å². The molecule has 1 heterocycles. The minimum atomic E-state index is -0.538. The number of aromatic nitrogens is 2. The summed E-state index contributed by atoms with van der Waals surface area (Å²) in [4.78, 5) is 2.29. The summed E-state index contributed by atoms with van der Waals surface area (Å²) in [5, 5.41) is 15.2. The summed E-state index contributed by atoms with van der Waals surface area (Å²) in [6, 6.07) is 17.5. The van der Waals surface area contributed by atoms with Crippen LogP contribution in [0.25, 0.3) is 5.69 Å². The Balaban J connectivity index is 1.66. The van der Waals surface area contributed by atoms with Crippen LogP contribution in [0.1, 0.15) is 24.1 Å². The molecule has 176 valence electrons. The molecule has 1 unspecified atom stereocenters. The van der Waals surface area contributed by atoms with Gasteiger partial charge in [0.15, 0.2) is 0 Å². The fourth-order valence-electron chi connectivity index (χ4n) is 3.96. The third kappa shape index (κ3) is 6.13. The molecule has 0 radical (unpaired) electrons. The molecular formula is C26H33N3O4. The lowest BCUT2D eigenvalue weighted by Gasteiger charge is -2.25. The minimum Gasteiger partial charge on any atom is -0.497 e. The molecular weight excluding hydrogens is 418 g/mol. The molecule has 3 aromatic rings. The van der Waals surface area contributed by atoms with Gasteiger partial charge >= 0.3 is 0 Å². The molecule has 1 N–H and O–H groups in total. The number of aliphatic hydroxyl groups excluding tert-OH is 1. The van der Waals surface area contributed by atoms with Crippen molar-refractivity contribution >= 4 is 0 Å². The summed E-state index contributed by atoms with van der Waals surface area (Å²) in [7, 11) is 3.26. The third-order valence-corrected chi connectivity index (χ3v) is 5.84. The van der Waals surface area contributed by atoms with Crippen molar-refractivity contribution in [3.63, 3.8) is 0 Å². The molecule has 7 nitrogen and oxygen atoms in total. The van der Waals surface area contributed by atoms with E-state index in [0.29, 0.717) is 37.2 Å². The molecule has 1 saturated carbocycles. The summed E-state index contributed by atoms with van der Waals surface area (Å²) in [5.41, 5.74) is 2.85. The number of para-hydroxylation sites is 1. The second kappa shape index (κ2) is 10.8. The number of rotatable bonds is 12. The summed E-state index contributed by atoms with van der Waals surface area (Å²) in [6.07, 6.45) is 1.95. The Labute approximate surface area is 195 Å². The van der Waals surface area contributed by atoms with Gasteiger partial charge in [0.2, 0.25) is 5.88 Å². The standard InChI is InChI=1S/C26H33N3O4/c1-19-25(17-28(15-20-9-10-20)16-22(30)18-31-2)26(29(27-19)21-7-5-4-6-8-21)33-24-13-11-23(32-3)12-14-24/h4-8,11-14,20,22,30H,9-10,15-18H2,1-3H3. The minimum absolute atomic E-state index is 0.318. The molecule has 0 bridgehead atoms. The molecule has 1 atom stereocenters. The summed E-state index contributed by atoms with van der Waals surface area (Å²) < 4.78 is 18.7.